The molecule has 0 unspecified atom stereocenters. The van der Waals surface area contributed by atoms with Crippen LogP contribution in [-0.2, 0) is 12.8 Å². The summed E-state index contributed by atoms with van der Waals surface area (Å²) >= 11 is 3.71. The van der Waals surface area contributed by atoms with E-state index in [-0.39, 0.29) is 0 Å². The van der Waals surface area contributed by atoms with Crippen LogP contribution in [0.5, 0.6) is 0 Å². The fraction of sp³-hybridized carbons (Fsp3) is 0.400. The lowest BCUT2D eigenvalue weighted by Gasteiger charge is -2.06. The molecule has 1 aromatic rings. The van der Waals surface area contributed by atoms with Gasteiger partial charge in [-0.3, -0.25) is 0 Å². The molecule has 1 aliphatic rings. The largest absolute Gasteiger partial charge is 0.0725 e. The number of aryl methyl sites for hydroxylation is 2. The first-order valence-electron chi connectivity index (χ1n) is 7.81. The van der Waals surface area contributed by atoms with Crippen LogP contribution in [0.25, 0.3) is 0 Å². The van der Waals surface area contributed by atoms with Gasteiger partial charge in [-0.15, -0.1) is 0 Å². The minimum Gasteiger partial charge on any atom is -0.0725 e. The van der Waals surface area contributed by atoms with Gasteiger partial charge in [0.2, 0.25) is 0 Å². The van der Waals surface area contributed by atoms with Gasteiger partial charge in [-0.05, 0) is 75.3 Å². The fourth-order valence-corrected chi connectivity index (χ4v) is 3.45. The first kappa shape index (κ1) is 16.3. The first-order chi connectivity index (χ1) is 9.99. The van der Waals surface area contributed by atoms with Crippen LogP contribution < -0.4 is 0 Å². The normalized spacial score (nSPS) is 16.8. The highest BCUT2D eigenvalue weighted by atomic mass is 79.9. The summed E-state index contributed by atoms with van der Waals surface area (Å²) in [6.45, 7) is 8.84. The average Bonchev–Trinajstić information content (AvgIpc) is 2.59. The quantitative estimate of drug-likeness (QED) is 0.553. The Labute approximate surface area is 137 Å². The molecule has 0 aromatic heterocycles. The maximum absolute atomic E-state index is 3.71. The van der Waals surface area contributed by atoms with Gasteiger partial charge in [0, 0.05) is 4.48 Å². The van der Waals surface area contributed by atoms with E-state index < -0.39 is 0 Å². The summed E-state index contributed by atoms with van der Waals surface area (Å²) in [6.07, 6.45) is 9.02. The van der Waals surface area contributed by atoms with Gasteiger partial charge in [-0.2, -0.15) is 0 Å². The smallest absolute Gasteiger partial charge is 0.0177 e. The predicted molar refractivity (Wildman–Crippen MR) is 97.0 cm³/mol. The molecule has 21 heavy (non-hydrogen) atoms. The van der Waals surface area contributed by atoms with Crippen molar-refractivity contribution in [3.63, 3.8) is 0 Å². The number of hydrogen-bond donors (Lipinski definition) is 0. The van der Waals surface area contributed by atoms with Crippen molar-refractivity contribution in [3.05, 3.63) is 68.2 Å². The summed E-state index contributed by atoms with van der Waals surface area (Å²) in [4.78, 5) is 0. The molecule has 0 spiro atoms. The van der Waals surface area contributed by atoms with Gasteiger partial charge in [0.05, 0.1) is 0 Å². The van der Waals surface area contributed by atoms with E-state index >= 15 is 0 Å². The summed E-state index contributed by atoms with van der Waals surface area (Å²) in [5, 5.41) is 0. The molecule has 1 aromatic carbocycles. The van der Waals surface area contributed by atoms with Crippen molar-refractivity contribution in [2.45, 2.75) is 53.4 Å². The van der Waals surface area contributed by atoms with Crippen LogP contribution in [0.4, 0.5) is 0 Å². The molecule has 0 heterocycles. The Hall–Kier alpha value is -1.08. The van der Waals surface area contributed by atoms with E-state index in [1.165, 1.54) is 37.9 Å². The van der Waals surface area contributed by atoms with Gasteiger partial charge in [-0.25, -0.2) is 0 Å². The van der Waals surface area contributed by atoms with Crippen LogP contribution in [-0.4, -0.2) is 0 Å². The van der Waals surface area contributed by atoms with Crippen LogP contribution in [0.3, 0.4) is 0 Å². The lowest BCUT2D eigenvalue weighted by Crippen LogP contribution is -1.92. The van der Waals surface area contributed by atoms with Crippen LogP contribution in [0.1, 0.15) is 50.3 Å². The Balaban J connectivity index is 2.26. The maximum Gasteiger partial charge on any atom is 0.0177 e. The molecule has 0 aliphatic heterocycles. The van der Waals surface area contributed by atoms with Crippen molar-refractivity contribution >= 4 is 15.9 Å². The van der Waals surface area contributed by atoms with E-state index in [4.69, 9.17) is 0 Å². The Kier molecular flexibility index (Phi) is 5.64. The third-order valence-corrected chi connectivity index (χ3v) is 4.74. The van der Waals surface area contributed by atoms with Crippen LogP contribution in [0, 0.1) is 6.92 Å². The van der Waals surface area contributed by atoms with E-state index in [0.29, 0.717) is 0 Å². The molecule has 112 valence electrons. The van der Waals surface area contributed by atoms with Crippen molar-refractivity contribution < 1.29 is 0 Å². The summed E-state index contributed by atoms with van der Waals surface area (Å²) < 4.78 is 1.19. The van der Waals surface area contributed by atoms with Crippen molar-refractivity contribution in [2.24, 2.45) is 0 Å². The van der Waals surface area contributed by atoms with Gasteiger partial charge in [0.15, 0.2) is 0 Å². The second-order valence-corrected chi connectivity index (χ2v) is 7.04. The lowest BCUT2D eigenvalue weighted by molar-refractivity contribution is 0.962. The topological polar surface area (TPSA) is 0 Å². The first-order valence-corrected chi connectivity index (χ1v) is 8.60. The highest BCUT2D eigenvalue weighted by Gasteiger charge is 2.12. The molecule has 1 aliphatic carbocycles. The highest BCUT2D eigenvalue weighted by molar-refractivity contribution is 9.11. The van der Waals surface area contributed by atoms with Crippen molar-refractivity contribution in [1.29, 1.82) is 0 Å². The Morgan fingerprint density at radius 2 is 1.95 bits per heavy atom. The number of halogens is 1. The van der Waals surface area contributed by atoms with Gasteiger partial charge >= 0.3 is 0 Å². The van der Waals surface area contributed by atoms with E-state index in [0.717, 1.165) is 25.7 Å². The SMILES string of the molecule is CC/C(C)=C/C(Br)=C\C1=C(C)Cc2ccc(C)cc2CC1. The lowest BCUT2D eigenvalue weighted by atomic mass is 9.99. The zero-order chi connectivity index (χ0) is 15.4. The van der Waals surface area contributed by atoms with E-state index in [9.17, 15) is 0 Å². The van der Waals surface area contributed by atoms with Gasteiger partial charge in [0.25, 0.3) is 0 Å². The minimum absolute atomic E-state index is 1.08. The summed E-state index contributed by atoms with van der Waals surface area (Å²) in [5.41, 5.74) is 8.78. The summed E-state index contributed by atoms with van der Waals surface area (Å²) in [7, 11) is 0. The number of benzene rings is 1. The fourth-order valence-electron chi connectivity index (χ4n) is 2.78. The molecule has 0 atom stereocenters. The molecule has 0 amide bonds. The Morgan fingerprint density at radius 3 is 2.67 bits per heavy atom. The van der Waals surface area contributed by atoms with Crippen LogP contribution in [0.15, 0.2) is 51.6 Å². The minimum atomic E-state index is 1.08. The number of hydrogen-bond acceptors (Lipinski definition) is 0. The van der Waals surface area contributed by atoms with Crippen molar-refractivity contribution in [1.82, 2.24) is 0 Å². The third kappa shape index (κ3) is 4.44. The number of allylic oxidation sites excluding steroid dienone is 6. The van der Waals surface area contributed by atoms with Crippen molar-refractivity contribution in [3.8, 4) is 0 Å². The Morgan fingerprint density at radius 1 is 1.19 bits per heavy atom. The molecule has 0 saturated carbocycles. The van der Waals surface area contributed by atoms with E-state index in [2.05, 4.69) is 74.0 Å². The van der Waals surface area contributed by atoms with Crippen LogP contribution in [0.2, 0.25) is 0 Å². The molecule has 0 nitrogen and oxygen atoms in total. The molecular weight excluding hydrogens is 320 g/mol. The molecule has 0 N–H and O–H groups in total. The zero-order valence-electron chi connectivity index (χ0n) is 13.6. The average molecular weight is 345 g/mol. The molecule has 2 rings (SSSR count). The standard InChI is InChI=1S/C20H25Br/c1-5-14(2)11-20(21)13-17-8-9-18-10-15(3)6-7-19(18)12-16(17)4/h6-7,10-11,13H,5,8-9,12H2,1-4H3/b14-11+,20-13+. The Bertz CT molecular complexity index is 615. The molecule has 1 heteroatoms. The second-order valence-electron chi connectivity index (χ2n) is 6.13. The molecule has 0 radical (unpaired) electrons. The monoisotopic (exact) mass is 344 g/mol. The summed E-state index contributed by atoms with van der Waals surface area (Å²) in [6, 6.07) is 6.89. The summed E-state index contributed by atoms with van der Waals surface area (Å²) in [5.74, 6) is 0. The predicted octanol–water partition coefficient (Wildman–Crippen LogP) is 6.44. The van der Waals surface area contributed by atoms with Gasteiger partial charge < -0.3 is 0 Å². The molecule has 0 saturated heterocycles. The number of fused-ring (bicyclic) bond motifs is 1. The van der Waals surface area contributed by atoms with E-state index in [1.807, 2.05) is 0 Å². The second kappa shape index (κ2) is 7.26. The molecule has 0 bridgehead atoms. The van der Waals surface area contributed by atoms with Gasteiger partial charge in [0.1, 0.15) is 0 Å². The van der Waals surface area contributed by atoms with Gasteiger partial charge in [-0.1, -0.05) is 57.8 Å². The van der Waals surface area contributed by atoms with E-state index in [1.54, 1.807) is 0 Å². The number of rotatable bonds is 3. The molecule has 0 fully saturated rings. The third-order valence-electron chi connectivity index (χ3n) is 4.28. The van der Waals surface area contributed by atoms with Crippen LogP contribution >= 0.6 is 15.9 Å². The maximum atomic E-state index is 3.71. The zero-order valence-corrected chi connectivity index (χ0v) is 15.2. The molecular formula is C20H25Br. The van der Waals surface area contributed by atoms with Crippen molar-refractivity contribution in [2.75, 3.05) is 0 Å². The highest BCUT2D eigenvalue weighted by Crippen LogP contribution is 2.28.